The molecule has 0 heterocycles. The number of nitrogens with zero attached hydrogens (tertiary/aromatic N) is 2. The van der Waals surface area contributed by atoms with E-state index in [4.69, 9.17) is 0 Å². The van der Waals surface area contributed by atoms with E-state index in [1.807, 2.05) is 13.0 Å². The lowest BCUT2D eigenvalue weighted by molar-refractivity contribution is -0.385. The normalized spacial score (nSPS) is 11.4. The Morgan fingerprint density at radius 3 is 2.42 bits per heavy atom. The van der Waals surface area contributed by atoms with Crippen LogP contribution in [0.25, 0.3) is 0 Å². The van der Waals surface area contributed by atoms with E-state index in [-0.39, 0.29) is 22.0 Å². The van der Waals surface area contributed by atoms with Gasteiger partial charge in [0.2, 0.25) is 0 Å². The number of para-hydroxylation sites is 1. The maximum Gasteiger partial charge on any atom is 0.270 e. The Morgan fingerprint density at radius 1 is 1.03 bits per heavy atom. The highest BCUT2D eigenvalue weighted by Gasteiger charge is 2.23. The molecule has 0 atom stereocenters. The molecule has 0 bridgehead atoms. The maximum absolute atomic E-state index is 13.1. The summed E-state index contributed by atoms with van der Waals surface area (Å²) in [6.45, 7) is 3.64. The average molecular weight is 440 g/mol. The molecule has 0 aliphatic carbocycles. The Labute approximate surface area is 179 Å². The van der Waals surface area contributed by atoms with Crippen molar-refractivity contribution in [1.29, 1.82) is 0 Å². The van der Waals surface area contributed by atoms with Crippen molar-refractivity contribution in [3.05, 3.63) is 87.5 Å². The molecule has 0 spiro atoms. The summed E-state index contributed by atoms with van der Waals surface area (Å²) in [7, 11) is -4.18. The topological polar surface area (TPSA) is 134 Å². The molecule has 0 aliphatic heterocycles. The summed E-state index contributed by atoms with van der Waals surface area (Å²) in [4.78, 5) is 10.2. The summed E-state index contributed by atoms with van der Waals surface area (Å²) in [5.41, 5.74) is 4.70. The van der Waals surface area contributed by atoms with Crippen LogP contribution >= 0.6 is 0 Å². The quantitative estimate of drug-likeness (QED) is 0.287. The smallest absolute Gasteiger partial charge is 0.270 e. The molecule has 9 nitrogen and oxygen atoms in total. The molecule has 160 valence electrons. The van der Waals surface area contributed by atoms with E-state index in [2.05, 4.69) is 15.2 Å². The van der Waals surface area contributed by atoms with Gasteiger partial charge < -0.3 is 5.11 Å². The van der Waals surface area contributed by atoms with Gasteiger partial charge in [0.15, 0.2) is 0 Å². The minimum Gasteiger partial charge on any atom is -0.507 e. The lowest BCUT2D eigenvalue weighted by Crippen LogP contribution is -2.16. The van der Waals surface area contributed by atoms with Gasteiger partial charge in [0.1, 0.15) is 10.6 Å². The Bertz CT molecular complexity index is 1270. The number of phenols is 1. The van der Waals surface area contributed by atoms with Crippen molar-refractivity contribution in [3.63, 3.8) is 0 Å². The van der Waals surface area contributed by atoms with Crippen LogP contribution in [0.5, 0.6) is 5.75 Å². The van der Waals surface area contributed by atoms with Crippen molar-refractivity contribution < 1.29 is 18.4 Å². The standard InChI is InChI=1S/C21H20N4O5S/c1-14-7-9-18(15(2)11-14)24-31(29,30)21-12-17(25(27)28)8-10-19(21)23-22-13-16-5-3-4-6-20(16)26/h3-13,23-24,26H,1-2H3/b22-13+. The zero-order valence-electron chi connectivity index (χ0n) is 16.7. The molecule has 3 rings (SSSR count). The molecule has 0 saturated carbocycles. The summed E-state index contributed by atoms with van der Waals surface area (Å²) in [5.74, 6) is 0.00103. The third-order valence-corrected chi connectivity index (χ3v) is 5.82. The molecule has 0 aromatic heterocycles. The highest BCUT2D eigenvalue weighted by atomic mass is 32.2. The lowest BCUT2D eigenvalue weighted by atomic mass is 10.1. The van der Waals surface area contributed by atoms with Gasteiger partial charge in [-0.2, -0.15) is 5.10 Å². The van der Waals surface area contributed by atoms with E-state index in [0.717, 1.165) is 11.6 Å². The number of hydrogen-bond donors (Lipinski definition) is 3. The van der Waals surface area contributed by atoms with E-state index >= 15 is 0 Å². The summed E-state index contributed by atoms with van der Waals surface area (Å²) < 4.78 is 28.6. The first kappa shape index (κ1) is 21.8. The van der Waals surface area contributed by atoms with Gasteiger partial charge in [-0.1, -0.05) is 29.8 Å². The molecule has 0 aliphatic rings. The van der Waals surface area contributed by atoms with Crippen LogP contribution in [0, 0.1) is 24.0 Å². The fourth-order valence-corrected chi connectivity index (χ4v) is 4.14. The van der Waals surface area contributed by atoms with Crippen molar-refractivity contribution >= 4 is 33.3 Å². The third-order valence-electron chi connectivity index (χ3n) is 4.42. The van der Waals surface area contributed by atoms with E-state index in [9.17, 15) is 23.6 Å². The molecule has 0 unspecified atom stereocenters. The van der Waals surface area contributed by atoms with Crippen LogP contribution in [0.15, 0.2) is 70.7 Å². The van der Waals surface area contributed by atoms with Crippen molar-refractivity contribution in [2.75, 3.05) is 10.1 Å². The van der Waals surface area contributed by atoms with Crippen LogP contribution < -0.4 is 10.1 Å². The van der Waals surface area contributed by atoms with Crippen molar-refractivity contribution in [1.82, 2.24) is 0 Å². The fraction of sp³-hybridized carbons (Fsp3) is 0.0952. The number of nitro groups is 1. The number of anilines is 2. The van der Waals surface area contributed by atoms with Crippen LogP contribution in [0.2, 0.25) is 0 Å². The number of rotatable bonds is 7. The number of non-ortho nitro benzene ring substituents is 1. The monoisotopic (exact) mass is 440 g/mol. The molecule has 3 aromatic carbocycles. The zero-order valence-corrected chi connectivity index (χ0v) is 17.6. The summed E-state index contributed by atoms with van der Waals surface area (Å²) >= 11 is 0. The van der Waals surface area contributed by atoms with Gasteiger partial charge in [-0.15, -0.1) is 0 Å². The van der Waals surface area contributed by atoms with Gasteiger partial charge in [0, 0.05) is 17.7 Å². The number of sulfonamides is 1. The van der Waals surface area contributed by atoms with E-state index in [1.54, 1.807) is 37.3 Å². The Hall–Kier alpha value is -3.92. The number of benzene rings is 3. The second-order valence-electron chi connectivity index (χ2n) is 6.79. The Balaban J connectivity index is 1.97. The predicted molar refractivity (Wildman–Crippen MR) is 119 cm³/mol. The van der Waals surface area contributed by atoms with E-state index in [1.165, 1.54) is 24.4 Å². The van der Waals surface area contributed by atoms with E-state index < -0.39 is 14.9 Å². The number of aromatic hydroxyl groups is 1. The van der Waals surface area contributed by atoms with Crippen LogP contribution in [0.3, 0.4) is 0 Å². The number of aryl methyl sites for hydroxylation is 2. The summed E-state index contributed by atoms with van der Waals surface area (Å²) in [6.07, 6.45) is 1.31. The molecule has 3 N–H and O–H groups in total. The second-order valence-corrected chi connectivity index (χ2v) is 8.44. The average Bonchev–Trinajstić information content (AvgIpc) is 2.71. The SMILES string of the molecule is Cc1ccc(NS(=O)(=O)c2cc([N+](=O)[O-])ccc2N/N=C/c2ccccc2O)c(C)c1. The Morgan fingerprint density at radius 2 is 1.74 bits per heavy atom. The van der Waals surface area contributed by atoms with E-state index in [0.29, 0.717) is 16.8 Å². The molecule has 10 heteroatoms. The van der Waals surface area contributed by atoms with Crippen LogP contribution in [-0.4, -0.2) is 24.7 Å². The molecule has 31 heavy (non-hydrogen) atoms. The van der Waals surface area contributed by atoms with Gasteiger partial charge in [-0.25, -0.2) is 8.42 Å². The molecule has 0 radical (unpaired) electrons. The van der Waals surface area contributed by atoms with Gasteiger partial charge in [0.05, 0.1) is 22.5 Å². The number of phenolic OH excluding ortho intramolecular Hbond substituents is 1. The summed E-state index contributed by atoms with van der Waals surface area (Å²) in [5, 5.41) is 24.9. The second kappa shape index (κ2) is 8.84. The Kier molecular flexibility index (Phi) is 6.21. The van der Waals surface area contributed by atoms with Crippen LogP contribution in [0.1, 0.15) is 16.7 Å². The minimum absolute atomic E-state index is 0.00103. The number of hydrazone groups is 1. The van der Waals surface area contributed by atoms with Crippen LogP contribution in [0.4, 0.5) is 17.1 Å². The lowest BCUT2D eigenvalue weighted by Gasteiger charge is -2.14. The first-order valence-corrected chi connectivity index (χ1v) is 10.6. The van der Waals surface area contributed by atoms with Crippen molar-refractivity contribution in [2.24, 2.45) is 5.10 Å². The van der Waals surface area contributed by atoms with Gasteiger partial charge in [-0.3, -0.25) is 20.3 Å². The minimum atomic E-state index is -4.18. The predicted octanol–water partition coefficient (Wildman–Crippen LogP) is 4.16. The zero-order chi connectivity index (χ0) is 22.6. The largest absolute Gasteiger partial charge is 0.507 e. The van der Waals surface area contributed by atoms with Gasteiger partial charge >= 0.3 is 0 Å². The summed E-state index contributed by atoms with van der Waals surface area (Å²) in [6, 6.07) is 15.1. The van der Waals surface area contributed by atoms with Crippen LogP contribution in [-0.2, 0) is 10.0 Å². The molecule has 0 saturated heterocycles. The fourth-order valence-electron chi connectivity index (χ4n) is 2.84. The molecular formula is C21H20N4O5S. The van der Waals surface area contributed by atoms with Gasteiger partial charge in [0.25, 0.3) is 15.7 Å². The highest BCUT2D eigenvalue weighted by Crippen LogP contribution is 2.29. The van der Waals surface area contributed by atoms with Gasteiger partial charge in [-0.05, 0) is 43.7 Å². The molecule has 0 amide bonds. The first-order valence-electron chi connectivity index (χ1n) is 9.13. The van der Waals surface area contributed by atoms with Crippen molar-refractivity contribution in [2.45, 2.75) is 18.7 Å². The number of hydrogen-bond acceptors (Lipinski definition) is 7. The highest BCUT2D eigenvalue weighted by molar-refractivity contribution is 7.92. The number of nitro benzene ring substituents is 1. The maximum atomic E-state index is 13.1. The number of nitrogens with one attached hydrogen (secondary N) is 2. The molecule has 0 fully saturated rings. The molecular weight excluding hydrogens is 420 g/mol. The molecule has 3 aromatic rings. The first-order chi connectivity index (χ1) is 14.7. The third kappa shape index (κ3) is 5.17. The van der Waals surface area contributed by atoms with Crippen molar-refractivity contribution in [3.8, 4) is 5.75 Å².